The van der Waals surface area contributed by atoms with Crippen LogP contribution in [0.2, 0.25) is 0 Å². The van der Waals surface area contributed by atoms with Gasteiger partial charge in [-0.1, -0.05) is 6.92 Å². The lowest BCUT2D eigenvalue weighted by atomic mass is 10.3. The first-order valence-electron chi connectivity index (χ1n) is 4.95. The molecule has 0 fully saturated rings. The molecule has 0 aliphatic carbocycles. The number of hydrogen-bond acceptors (Lipinski definition) is 6. The van der Waals surface area contributed by atoms with Crippen LogP contribution in [0.1, 0.15) is 18.3 Å². The number of nitrogens with zero attached hydrogens (tertiary/aromatic N) is 5. The van der Waals surface area contributed by atoms with E-state index in [2.05, 4.69) is 25.5 Å². The van der Waals surface area contributed by atoms with Gasteiger partial charge in [-0.2, -0.15) is 5.10 Å². The average molecular weight is 219 g/mol. The standard InChI is InChI=1S/C9H13N7/c1-3-7-13-8(15-10)6(2)9(14-7)16-5-11-4-12-16/h4-5H,3,10H2,1-2H3,(H,13,14,15). The minimum atomic E-state index is 0.609. The molecule has 0 aliphatic rings. The number of nitrogen functional groups attached to an aromatic ring is 1. The molecule has 0 saturated carbocycles. The maximum atomic E-state index is 5.41. The van der Waals surface area contributed by atoms with Crippen LogP contribution in [-0.2, 0) is 6.42 Å². The van der Waals surface area contributed by atoms with Gasteiger partial charge in [0.25, 0.3) is 0 Å². The Morgan fingerprint density at radius 2 is 2.25 bits per heavy atom. The SMILES string of the molecule is CCc1nc(NN)c(C)c(-n2cncn2)n1. The second-order valence-electron chi connectivity index (χ2n) is 3.27. The fourth-order valence-corrected chi connectivity index (χ4v) is 1.39. The van der Waals surface area contributed by atoms with Gasteiger partial charge in [-0.25, -0.2) is 25.5 Å². The van der Waals surface area contributed by atoms with Crippen molar-refractivity contribution in [3.05, 3.63) is 24.0 Å². The fraction of sp³-hybridized carbons (Fsp3) is 0.333. The lowest BCUT2D eigenvalue weighted by Gasteiger charge is -2.10. The summed E-state index contributed by atoms with van der Waals surface area (Å²) in [5.74, 6) is 7.42. The summed E-state index contributed by atoms with van der Waals surface area (Å²) in [6.45, 7) is 3.86. The number of hydrogen-bond donors (Lipinski definition) is 2. The van der Waals surface area contributed by atoms with Gasteiger partial charge < -0.3 is 5.43 Å². The van der Waals surface area contributed by atoms with Gasteiger partial charge in [-0.3, -0.25) is 0 Å². The van der Waals surface area contributed by atoms with Gasteiger partial charge >= 0.3 is 0 Å². The van der Waals surface area contributed by atoms with Crippen LogP contribution in [0.4, 0.5) is 5.82 Å². The summed E-state index contributed by atoms with van der Waals surface area (Å²) in [5.41, 5.74) is 3.40. The Labute approximate surface area is 92.7 Å². The van der Waals surface area contributed by atoms with Crippen LogP contribution in [0.5, 0.6) is 0 Å². The monoisotopic (exact) mass is 219 g/mol. The van der Waals surface area contributed by atoms with Crippen molar-refractivity contribution in [2.24, 2.45) is 5.84 Å². The molecule has 0 unspecified atom stereocenters. The Hall–Kier alpha value is -2.02. The van der Waals surface area contributed by atoms with E-state index < -0.39 is 0 Å². The highest BCUT2D eigenvalue weighted by Gasteiger charge is 2.11. The van der Waals surface area contributed by atoms with Crippen LogP contribution < -0.4 is 11.3 Å². The zero-order valence-electron chi connectivity index (χ0n) is 9.18. The van der Waals surface area contributed by atoms with Crippen LogP contribution in [0.15, 0.2) is 12.7 Å². The van der Waals surface area contributed by atoms with Crippen LogP contribution in [0.3, 0.4) is 0 Å². The molecule has 2 heterocycles. The summed E-state index contributed by atoms with van der Waals surface area (Å²) in [5, 5.41) is 4.04. The van der Waals surface area contributed by atoms with E-state index in [1.54, 1.807) is 11.0 Å². The van der Waals surface area contributed by atoms with E-state index in [-0.39, 0.29) is 0 Å². The summed E-state index contributed by atoms with van der Waals surface area (Å²) in [7, 11) is 0. The van der Waals surface area contributed by atoms with Crippen molar-refractivity contribution in [3.63, 3.8) is 0 Å². The highest BCUT2D eigenvalue weighted by Crippen LogP contribution is 2.17. The number of aromatic nitrogens is 5. The van der Waals surface area contributed by atoms with Crippen molar-refractivity contribution < 1.29 is 0 Å². The predicted octanol–water partition coefficient (Wildman–Crippen LogP) is 0.214. The number of hydrazine groups is 1. The number of rotatable bonds is 3. The molecule has 2 aromatic heterocycles. The van der Waals surface area contributed by atoms with E-state index in [9.17, 15) is 0 Å². The van der Waals surface area contributed by atoms with Crippen LogP contribution in [0.25, 0.3) is 5.82 Å². The Kier molecular flexibility index (Phi) is 2.78. The molecule has 7 nitrogen and oxygen atoms in total. The van der Waals surface area contributed by atoms with Crippen molar-refractivity contribution in [2.45, 2.75) is 20.3 Å². The smallest absolute Gasteiger partial charge is 0.163 e. The highest BCUT2D eigenvalue weighted by molar-refractivity contribution is 5.50. The zero-order valence-corrected chi connectivity index (χ0v) is 9.18. The molecule has 0 bridgehead atoms. The Bertz CT molecular complexity index is 477. The summed E-state index contributed by atoms with van der Waals surface area (Å²) in [6, 6.07) is 0. The third kappa shape index (κ3) is 1.72. The molecular weight excluding hydrogens is 206 g/mol. The number of nitrogens with two attached hydrogens (primary N) is 1. The molecule has 0 saturated heterocycles. The lowest BCUT2D eigenvalue weighted by Crippen LogP contribution is -2.15. The molecule has 2 rings (SSSR count). The minimum Gasteiger partial charge on any atom is -0.308 e. The first-order valence-corrected chi connectivity index (χ1v) is 4.95. The number of aryl methyl sites for hydroxylation is 1. The fourth-order valence-electron chi connectivity index (χ4n) is 1.39. The molecule has 0 radical (unpaired) electrons. The summed E-state index contributed by atoms with van der Waals surface area (Å²) in [6.07, 6.45) is 3.79. The third-order valence-corrected chi connectivity index (χ3v) is 2.26. The van der Waals surface area contributed by atoms with E-state index >= 15 is 0 Å². The van der Waals surface area contributed by atoms with Gasteiger partial charge in [-0.15, -0.1) is 0 Å². The molecule has 7 heteroatoms. The van der Waals surface area contributed by atoms with E-state index in [1.807, 2.05) is 13.8 Å². The number of nitrogens with one attached hydrogen (secondary N) is 1. The molecule has 0 spiro atoms. The first kappa shape index (κ1) is 10.5. The van der Waals surface area contributed by atoms with Gasteiger partial charge in [0, 0.05) is 12.0 Å². The molecule has 2 aromatic rings. The molecule has 3 N–H and O–H groups in total. The van der Waals surface area contributed by atoms with Gasteiger partial charge in [-0.05, 0) is 6.92 Å². The van der Waals surface area contributed by atoms with Crippen molar-refractivity contribution in [1.82, 2.24) is 24.7 Å². The number of anilines is 1. The molecule has 0 amide bonds. The van der Waals surface area contributed by atoms with Crippen LogP contribution >= 0.6 is 0 Å². The lowest BCUT2D eigenvalue weighted by molar-refractivity contribution is 0.802. The molecule has 0 aliphatic heterocycles. The van der Waals surface area contributed by atoms with E-state index in [0.717, 1.165) is 12.0 Å². The Morgan fingerprint density at radius 3 is 2.81 bits per heavy atom. The Balaban J connectivity index is 2.59. The topological polar surface area (TPSA) is 94.5 Å². The largest absolute Gasteiger partial charge is 0.308 e. The second kappa shape index (κ2) is 4.23. The first-order chi connectivity index (χ1) is 7.76. The molecular formula is C9H13N7. The minimum absolute atomic E-state index is 0.609. The zero-order chi connectivity index (χ0) is 11.5. The van der Waals surface area contributed by atoms with E-state index in [4.69, 9.17) is 5.84 Å². The van der Waals surface area contributed by atoms with Gasteiger partial charge in [0.05, 0.1) is 0 Å². The van der Waals surface area contributed by atoms with Crippen LogP contribution in [-0.4, -0.2) is 24.7 Å². The maximum absolute atomic E-state index is 5.41. The van der Waals surface area contributed by atoms with E-state index in [1.165, 1.54) is 6.33 Å². The highest BCUT2D eigenvalue weighted by atomic mass is 15.4. The average Bonchev–Trinajstić information content (AvgIpc) is 2.83. The second-order valence-corrected chi connectivity index (χ2v) is 3.27. The maximum Gasteiger partial charge on any atom is 0.163 e. The predicted molar refractivity (Wildman–Crippen MR) is 58.9 cm³/mol. The molecule has 0 atom stereocenters. The van der Waals surface area contributed by atoms with Crippen LogP contribution in [0, 0.1) is 6.92 Å². The Morgan fingerprint density at radius 1 is 1.44 bits per heavy atom. The van der Waals surface area contributed by atoms with Gasteiger partial charge in [0.1, 0.15) is 24.3 Å². The third-order valence-electron chi connectivity index (χ3n) is 2.26. The van der Waals surface area contributed by atoms with Crippen molar-refractivity contribution in [1.29, 1.82) is 0 Å². The van der Waals surface area contributed by atoms with Crippen molar-refractivity contribution in [3.8, 4) is 5.82 Å². The van der Waals surface area contributed by atoms with Gasteiger partial charge in [0.15, 0.2) is 5.82 Å². The molecule has 84 valence electrons. The normalized spacial score (nSPS) is 10.4. The molecule has 0 aromatic carbocycles. The van der Waals surface area contributed by atoms with Crippen molar-refractivity contribution in [2.75, 3.05) is 5.43 Å². The molecule has 16 heavy (non-hydrogen) atoms. The summed E-state index contributed by atoms with van der Waals surface area (Å²) in [4.78, 5) is 12.6. The summed E-state index contributed by atoms with van der Waals surface area (Å²) >= 11 is 0. The van der Waals surface area contributed by atoms with Crippen molar-refractivity contribution >= 4 is 5.82 Å². The van der Waals surface area contributed by atoms with Gasteiger partial charge in [0.2, 0.25) is 0 Å². The summed E-state index contributed by atoms with van der Waals surface area (Å²) < 4.78 is 1.59. The quantitative estimate of drug-likeness (QED) is 0.566. The van der Waals surface area contributed by atoms with E-state index in [0.29, 0.717) is 17.5 Å².